The lowest BCUT2D eigenvalue weighted by atomic mass is 10.2. The number of ether oxygens (including phenoxy) is 2. The zero-order chi connectivity index (χ0) is 12.3. The number of fused-ring (bicyclic) bond motifs is 1. The van der Waals surface area contributed by atoms with Crippen molar-refractivity contribution in [1.29, 1.82) is 0 Å². The van der Waals surface area contributed by atoms with Crippen molar-refractivity contribution in [2.75, 3.05) is 20.8 Å². The number of pyridine rings is 1. The molecular formula is C12H14N2O3. The van der Waals surface area contributed by atoms with Gasteiger partial charge in [0, 0.05) is 31.4 Å². The molecule has 5 heteroatoms. The Balaban J connectivity index is 2.50. The molecule has 2 aromatic rings. The molecule has 0 spiro atoms. The highest BCUT2D eigenvalue weighted by Crippen LogP contribution is 2.19. The Hall–Kier alpha value is -1.88. The second-order valence-corrected chi connectivity index (χ2v) is 3.60. The third-order valence-electron chi connectivity index (χ3n) is 2.58. The highest BCUT2D eigenvalue weighted by molar-refractivity contribution is 6.03. The molecule has 2 heterocycles. The molecule has 0 aliphatic heterocycles. The molecule has 0 aliphatic carbocycles. The Morgan fingerprint density at radius 1 is 1.47 bits per heavy atom. The molecule has 0 unspecified atom stereocenters. The fourth-order valence-electron chi connectivity index (χ4n) is 1.76. The second-order valence-electron chi connectivity index (χ2n) is 3.60. The molecule has 0 N–H and O–H groups in total. The summed E-state index contributed by atoms with van der Waals surface area (Å²) in [7, 11) is 3.01. The van der Waals surface area contributed by atoms with Gasteiger partial charge in [-0.05, 0) is 12.1 Å². The second kappa shape index (κ2) is 4.97. The molecule has 0 saturated heterocycles. The van der Waals surface area contributed by atoms with E-state index in [0.29, 0.717) is 18.7 Å². The van der Waals surface area contributed by atoms with Crippen molar-refractivity contribution in [3.63, 3.8) is 0 Å². The molecule has 0 fully saturated rings. The van der Waals surface area contributed by atoms with Gasteiger partial charge in [-0.1, -0.05) is 0 Å². The summed E-state index contributed by atoms with van der Waals surface area (Å²) in [6.45, 7) is 1.22. The Labute approximate surface area is 99.0 Å². The van der Waals surface area contributed by atoms with Gasteiger partial charge in [-0.25, -0.2) is 9.78 Å². The van der Waals surface area contributed by atoms with Crippen LogP contribution in [0.2, 0.25) is 0 Å². The summed E-state index contributed by atoms with van der Waals surface area (Å²) in [4.78, 5) is 15.9. The van der Waals surface area contributed by atoms with Crippen molar-refractivity contribution < 1.29 is 14.3 Å². The zero-order valence-electron chi connectivity index (χ0n) is 9.84. The summed E-state index contributed by atoms with van der Waals surface area (Å²) in [5.74, 6) is -0.348. The average molecular weight is 234 g/mol. The molecule has 0 aromatic carbocycles. The fourth-order valence-corrected chi connectivity index (χ4v) is 1.76. The van der Waals surface area contributed by atoms with E-state index in [0.717, 1.165) is 11.0 Å². The quantitative estimate of drug-likeness (QED) is 0.752. The van der Waals surface area contributed by atoms with Gasteiger partial charge in [0.1, 0.15) is 5.65 Å². The van der Waals surface area contributed by atoms with Gasteiger partial charge in [0.25, 0.3) is 0 Å². The van der Waals surface area contributed by atoms with E-state index in [9.17, 15) is 4.79 Å². The molecule has 0 amide bonds. The maximum absolute atomic E-state index is 11.6. The molecule has 2 rings (SSSR count). The van der Waals surface area contributed by atoms with E-state index in [1.54, 1.807) is 25.6 Å². The summed E-state index contributed by atoms with van der Waals surface area (Å²) in [6, 6.07) is 3.66. The molecule has 5 nitrogen and oxygen atoms in total. The fraction of sp³-hybridized carbons (Fsp3) is 0.333. The molecule has 0 saturated carbocycles. The summed E-state index contributed by atoms with van der Waals surface area (Å²) in [6.07, 6.45) is 3.45. The van der Waals surface area contributed by atoms with Crippen LogP contribution in [0.3, 0.4) is 0 Å². The molecule has 17 heavy (non-hydrogen) atoms. The van der Waals surface area contributed by atoms with E-state index in [4.69, 9.17) is 9.47 Å². The maximum Gasteiger partial charge on any atom is 0.340 e. The number of carbonyl (C=O) groups excluding carboxylic acids is 1. The van der Waals surface area contributed by atoms with Crippen molar-refractivity contribution in [2.24, 2.45) is 0 Å². The molecule has 0 atom stereocenters. The number of rotatable bonds is 4. The van der Waals surface area contributed by atoms with E-state index in [2.05, 4.69) is 4.98 Å². The normalized spacial score (nSPS) is 10.7. The van der Waals surface area contributed by atoms with Gasteiger partial charge in [0.05, 0.1) is 19.3 Å². The van der Waals surface area contributed by atoms with E-state index in [-0.39, 0.29) is 5.97 Å². The Morgan fingerprint density at radius 3 is 3.00 bits per heavy atom. The minimum Gasteiger partial charge on any atom is -0.465 e. The van der Waals surface area contributed by atoms with Gasteiger partial charge < -0.3 is 14.0 Å². The van der Waals surface area contributed by atoms with Crippen molar-refractivity contribution in [1.82, 2.24) is 9.55 Å². The Morgan fingerprint density at radius 2 is 2.29 bits per heavy atom. The Kier molecular flexibility index (Phi) is 3.39. The number of carbonyl (C=O) groups is 1. The van der Waals surface area contributed by atoms with Crippen LogP contribution >= 0.6 is 0 Å². The van der Waals surface area contributed by atoms with Gasteiger partial charge >= 0.3 is 5.97 Å². The lowest BCUT2D eigenvalue weighted by Crippen LogP contribution is -2.04. The smallest absolute Gasteiger partial charge is 0.340 e. The first kappa shape index (κ1) is 11.6. The molecule has 0 aliphatic rings. The minimum absolute atomic E-state index is 0.348. The first-order chi connectivity index (χ1) is 8.27. The van der Waals surface area contributed by atoms with Gasteiger partial charge in [-0.2, -0.15) is 0 Å². The van der Waals surface area contributed by atoms with Crippen LogP contribution in [-0.4, -0.2) is 36.3 Å². The van der Waals surface area contributed by atoms with Crippen LogP contribution in [0.25, 0.3) is 11.0 Å². The lowest BCUT2D eigenvalue weighted by Gasteiger charge is -2.02. The standard InChI is InChI=1S/C12H14N2O3/c1-16-7-6-14-8-10(12(15)17-2)9-4-3-5-13-11(9)14/h3-5,8H,6-7H2,1-2H3. The summed E-state index contributed by atoms with van der Waals surface area (Å²) < 4.78 is 11.7. The molecular weight excluding hydrogens is 220 g/mol. The SMILES string of the molecule is COCCn1cc(C(=O)OC)c2cccnc21. The first-order valence-corrected chi connectivity index (χ1v) is 5.29. The van der Waals surface area contributed by atoms with E-state index in [1.165, 1.54) is 7.11 Å². The van der Waals surface area contributed by atoms with Crippen molar-refractivity contribution in [2.45, 2.75) is 6.54 Å². The van der Waals surface area contributed by atoms with Gasteiger partial charge in [-0.3, -0.25) is 0 Å². The molecule has 0 radical (unpaired) electrons. The number of hydrogen-bond acceptors (Lipinski definition) is 4. The monoisotopic (exact) mass is 234 g/mol. The van der Waals surface area contributed by atoms with Crippen molar-refractivity contribution in [3.8, 4) is 0 Å². The van der Waals surface area contributed by atoms with Crippen LogP contribution in [0.5, 0.6) is 0 Å². The van der Waals surface area contributed by atoms with Crippen molar-refractivity contribution in [3.05, 3.63) is 30.1 Å². The van der Waals surface area contributed by atoms with E-state index >= 15 is 0 Å². The van der Waals surface area contributed by atoms with E-state index < -0.39 is 0 Å². The zero-order valence-corrected chi connectivity index (χ0v) is 9.84. The predicted molar refractivity (Wildman–Crippen MR) is 62.9 cm³/mol. The highest BCUT2D eigenvalue weighted by atomic mass is 16.5. The topological polar surface area (TPSA) is 53.4 Å². The van der Waals surface area contributed by atoms with Gasteiger partial charge in [0.2, 0.25) is 0 Å². The third kappa shape index (κ3) is 2.14. The number of aromatic nitrogens is 2. The largest absolute Gasteiger partial charge is 0.465 e. The number of hydrogen-bond donors (Lipinski definition) is 0. The minimum atomic E-state index is -0.348. The lowest BCUT2D eigenvalue weighted by molar-refractivity contribution is 0.0602. The number of methoxy groups -OCH3 is 2. The van der Waals surface area contributed by atoms with E-state index in [1.807, 2.05) is 10.6 Å². The number of nitrogens with zero attached hydrogens (tertiary/aromatic N) is 2. The number of esters is 1. The predicted octanol–water partition coefficient (Wildman–Crippen LogP) is 1.47. The van der Waals surface area contributed by atoms with Crippen LogP contribution in [0.15, 0.2) is 24.5 Å². The first-order valence-electron chi connectivity index (χ1n) is 5.29. The van der Waals surface area contributed by atoms with Crippen molar-refractivity contribution >= 4 is 17.0 Å². The van der Waals surface area contributed by atoms with Crippen LogP contribution in [-0.2, 0) is 16.0 Å². The molecule has 90 valence electrons. The summed E-state index contributed by atoms with van der Waals surface area (Å²) in [5.41, 5.74) is 1.30. The average Bonchev–Trinajstić information content (AvgIpc) is 2.74. The third-order valence-corrected chi connectivity index (χ3v) is 2.58. The van der Waals surface area contributed by atoms with Crippen LogP contribution in [0.1, 0.15) is 10.4 Å². The summed E-state index contributed by atoms with van der Waals surface area (Å²) >= 11 is 0. The van der Waals surface area contributed by atoms with Crippen LogP contribution in [0.4, 0.5) is 0 Å². The summed E-state index contributed by atoms with van der Waals surface area (Å²) in [5, 5.41) is 0.801. The molecule has 0 bridgehead atoms. The van der Waals surface area contributed by atoms with Crippen LogP contribution in [0, 0.1) is 0 Å². The maximum atomic E-state index is 11.6. The highest BCUT2D eigenvalue weighted by Gasteiger charge is 2.15. The van der Waals surface area contributed by atoms with Crippen LogP contribution < -0.4 is 0 Å². The van der Waals surface area contributed by atoms with Gasteiger partial charge in [0.15, 0.2) is 0 Å². The Bertz CT molecular complexity index is 534. The van der Waals surface area contributed by atoms with Gasteiger partial charge in [-0.15, -0.1) is 0 Å². The molecule has 2 aromatic heterocycles.